The quantitative estimate of drug-likeness (QED) is 0.0261. The van der Waals surface area contributed by atoms with Crippen molar-refractivity contribution in [3.63, 3.8) is 0 Å². The van der Waals surface area contributed by atoms with Crippen molar-refractivity contribution >= 4 is 5.91 Å². The average Bonchev–Trinajstić information content (AvgIpc) is 3.37. The maximum atomic E-state index is 13.1. The van der Waals surface area contributed by atoms with Crippen LogP contribution in [0.2, 0.25) is 0 Å². The van der Waals surface area contributed by atoms with Crippen molar-refractivity contribution in [2.45, 2.75) is 365 Å². The van der Waals surface area contributed by atoms with Crippen molar-refractivity contribution in [3.8, 4) is 0 Å². The van der Waals surface area contributed by atoms with Crippen LogP contribution >= 0.6 is 0 Å². The summed E-state index contributed by atoms with van der Waals surface area (Å²) >= 11 is 0. The molecule has 1 aliphatic rings. The minimum atomic E-state index is -1.55. The van der Waals surface area contributed by atoms with E-state index in [1.165, 1.54) is 257 Å². The summed E-state index contributed by atoms with van der Waals surface area (Å²) in [6, 6.07) is -0.719. The molecular formula is C62H121NO8. The number of hydrogen-bond donors (Lipinski definition) is 6. The summed E-state index contributed by atoms with van der Waals surface area (Å²) in [5.74, 6) is -0.143. The number of unbranched alkanes of at least 4 members (excludes halogenated alkanes) is 43. The van der Waals surface area contributed by atoms with E-state index in [4.69, 9.17) is 9.47 Å². The fourth-order valence-corrected chi connectivity index (χ4v) is 10.4. The average molecular weight is 1010 g/mol. The van der Waals surface area contributed by atoms with E-state index in [0.717, 1.165) is 38.5 Å². The van der Waals surface area contributed by atoms with Crippen LogP contribution < -0.4 is 5.32 Å². The van der Waals surface area contributed by atoms with Gasteiger partial charge < -0.3 is 40.3 Å². The molecule has 0 spiro atoms. The molecule has 422 valence electrons. The van der Waals surface area contributed by atoms with Crippen LogP contribution in [0.25, 0.3) is 0 Å². The van der Waals surface area contributed by atoms with Crippen LogP contribution in [0.15, 0.2) is 12.2 Å². The van der Waals surface area contributed by atoms with Crippen LogP contribution in [0.3, 0.4) is 0 Å². The van der Waals surface area contributed by atoms with E-state index in [0.29, 0.717) is 12.8 Å². The lowest BCUT2D eigenvalue weighted by Gasteiger charge is -2.40. The lowest BCUT2D eigenvalue weighted by atomic mass is 9.99. The maximum absolute atomic E-state index is 13.1. The third kappa shape index (κ3) is 41.8. The molecule has 0 radical (unpaired) electrons. The molecule has 9 heteroatoms. The zero-order valence-corrected chi connectivity index (χ0v) is 47.0. The molecule has 6 N–H and O–H groups in total. The molecule has 7 atom stereocenters. The number of nitrogens with one attached hydrogen (secondary N) is 1. The van der Waals surface area contributed by atoms with Gasteiger partial charge in [-0.2, -0.15) is 0 Å². The molecule has 71 heavy (non-hydrogen) atoms. The minimum absolute atomic E-state index is 0.135. The first kappa shape index (κ1) is 67.9. The van der Waals surface area contributed by atoms with Crippen molar-refractivity contribution in [1.82, 2.24) is 5.32 Å². The minimum Gasteiger partial charge on any atom is -0.394 e. The lowest BCUT2D eigenvalue weighted by molar-refractivity contribution is -0.302. The van der Waals surface area contributed by atoms with E-state index in [2.05, 4.69) is 31.3 Å². The summed E-state index contributed by atoms with van der Waals surface area (Å²) in [6.07, 6.45) is 58.3. The topological polar surface area (TPSA) is 149 Å². The molecule has 1 amide bonds. The third-order valence-corrected chi connectivity index (χ3v) is 15.4. The highest BCUT2D eigenvalue weighted by Crippen LogP contribution is 2.24. The van der Waals surface area contributed by atoms with Gasteiger partial charge in [0.05, 0.1) is 25.4 Å². The van der Waals surface area contributed by atoms with Crippen LogP contribution in [0.4, 0.5) is 0 Å². The Labute approximate surface area is 439 Å². The number of allylic oxidation sites excluding steroid dienone is 2. The van der Waals surface area contributed by atoms with Gasteiger partial charge in [-0.1, -0.05) is 289 Å². The van der Waals surface area contributed by atoms with Gasteiger partial charge in [0.2, 0.25) is 5.91 Å². The maximum Gasteiger partial charge on any atom is 0.220 e. The molecule has 0 saturated carbocycles. The Balaban J connectivity index is 2.13. The molecule has 1 aliphatic heterocycles. The van der Waals surface area contributed by atoms with Gasteiger partial charge in [-0.3, -0.25) is 4.79 Å². The van der Waals surface area contributed by atoms with Gasteiger partial charge in [0, 0.05) is 6.42 Å². The molecular weight excluding hydrogens is 887 g/mol. The first-order valence-electron chi connectivity index (χ1n) is 31.4. The van der Waals surface area contributed by atoms with Gasteiger partial charge in [-0.15, -0.1) is 0 Å². The highest BCUT2D eigenvalue weighted by molar-refractivity contribution is 5.76. The molecule has 1 fully saturated rings. The molecule has 1 rings (SSSR count). The fourth-order valence-electron chi connectivity index (χ4n) is 10.4. The first-order chi connectivity index (χ1) is 34.8. The highest BCUT2D eigenvalue weighted by Gasteiger charge is 2.44. The van der Waals surface area contributed by atoms with Crippen molar-refractivity contribution < 1.29 is 39.8 Å². The van der Waals surface area contributed by atoms with Gasteiger partial charge >= 0.3 is 0 Å². The normalized spacial score (nSPS) is 19.2. The molecule has 0 bridgehead atoms. The van der Waals surface area contributed by atoms with Crippen LogP contribution in [0, 0.1) is 0 Å². The van der Waals surface area contributed by atoms with Crippen molar-refractivity contribution in [2.75, 3.05) is 13.2 Å². The molecule has 7 unspecified atom stereocenters. The van der Waals surface area contributed by atoms with E-state index < -0.39 is 49.5 Å². The van der Waals surface area contributed by atoms with E-state index in [9.17, 15) is 30.3 Å². The predicted octanol–water partition coefficient (Wildman–Crippen LogP) is 16.0. The van der Waals surface area contributed by atoms with Crippen LogP contribution in [-0.2, 0) is 14.3 Å². The molecule has 0 aliphatic carbocycles. The monoisotopic (exact) mass is 1010 g/mol. The zero-order chi connectivity index (χ0) is 51.5. The second-order valence-electron chi connectivity index (χ2n) is 22.2. The van der Waals surface area contributed by atoms with E-state index >= 15 is 0 Å². The number of amides is 1. The van der Waals surface area contributed by atoms with Gasteiger partial charge in [-0.25, -0.2) is 0 Å². The Kier molecular flexibility index (Phi) is 50.1. The van der Waals surface area contributed by atoms with Crippen LogP contribution in [0.1, 0.15) is 322 Å². The Morgan fingerprint density at radius 2 is 0.789 bits per heavy atom. The van der Waals surface area contributed by atoms with Crippen LogP contribution in [0.5, 0.6) is 0 Å². The highest BCUT2D eigenvalue weighted by atomic mass is 16.7. The number of hydrogen-bond acceptors (Lipinski definition) is 8. The van der Waals surface area contributed by atoms with E-state index in [-0.39, 0.29) is 12.5 Å². The van der Waals surface area contributed by atoms with Gasteiger partial charge in [0.1, 0.15) is 24.4 Å². The second-order valence-corrected chi connectivity index (χ2v) is 22.2. The van der Waals surface area contributed by atoms with E-state index in [1.807, 2.05) is 0 Å². The number of carbonyl (C=O) groups is 1. The third-order valence-electron chi connectivity index (χ3n) is 15.4. The molecule has 1 heterocycles. The lowest BCUT2D eigenvalue weighted by Crippen LogP contribution is -2.60. The Morgan fingerprint density at radius 3 is 1.14 bits per heavy atom. The largest absolute Gasteiger partial charge is 0.394 e. The standard InChI is InChI=1S/C62H121NO8/c1-3-5-7-9-11-13-15-17-19-21-23-24-25-26-27-28-29-30-31-32-33-34-35-37-39-41-43-45-47-49-51-56(65)55(54-70-62-61(69)60(68)59(67)57(53-64)71-62)63-58(66)52-50-48-46-44-42-40-38-36-22-20-18-16-14-12-10-8-6-4-2/h20,22,55-57,59-62,64-65,67-69H,3-19,21,23-54H2,1-2H3,(H,63,66)/b22-20-. The fraction of sp³-hybridized carbons (Fsp3) is 0.952. The first-order valence-corrected chi connectivity index (χ1v) is 31.4. The van der Waals surface area contributed by atoms with Gasteiger partial charge in [-0.05, 0) is 38.5 Å². The number of ether oxygens (including phenoxy) is 2. The van der Waals surface area contributed by atoms with Crippen molar-refractivity contribution in [2.24, 2.45) is 0 Å². The summed E-state index contributed by atoms with van der Waals surface area (Å²) in [6.45, 7) is 3.88. The Hall–Kier alpha value is -1.07. The second kappa shape index (κ2) is 52.4. The molecule has 9 nitrogen and oxygen atoms in total. The van der Waals surface area contributed by atoms with Gasteiger partial charge in [0.25, 0.3) is 0 Å². The molecule has 0 aromatic rings. The number of carbonyl (C=O) groups excluding carboxylic acids is 1. The van der Waals surface area contributed by atoms with E-state index in [1.54, 1.807) is 0 Å². The van der Waals surface area contributed by atoms with Crippen molar-refractivity contribution in [3.05, 3.63) is 12.2 Å². The number of rotatable bonds is 55. The van der Waals surface area contributed by atoms with Crippen LogP contribution in [-0.4, -0.2) is 87.5 Å². The smallest absolute Gasteiger partial charge is 0.220 e. The van der Waals surface area contributed by atoms with Gasteiger partial charge in [0.15, 0.2) is 6.29 Å². The molecule has 1 saturated heterocycles. The molecule has 0 aromatic carbocycles. The summed E-state index contributed by atoms with van der Waals surface area (Å²) in [5, 5.41) is 54.8. The number of aliphatic hydroxyl groups is 5. The summed E-state index contributed by atoms with van der Waals surface area (Å²) in [4.78, 5) is 13.1. The summed E-state index contributed by atoms with van der Waals surface area (Å²) in [5.41, 5.74) is 0. The molecule has 0 aromatic heterocycles. The Bertz CT molecular complexity index is 1120. The summed E-state index contributed by atoms with van der Waals surface area (Å²) < 4.78 is 11.3. The zero-order valence-electron chi connectivity index (χ0n) is 47.0. The summed E-state index contributed by atoms with van der Waals surface area (Å²) in [7, 11) is 0. The predicted molar refractivity (Wildman–Crippen MR) is 300 cm³/mol. The van der Waals surface area contributed by atoms with Crippen molar-refractivity contribution in [1.29, 1.82) is 0 Å². The Morgan fingerprint density at radius 1 is 0.465 bits per heavy atom. The number of aliphatic hydroxyl groups excluding tert-OH is 5. The SMILES string of the molecule is CCCCCCCCC/C=C\CCCCCCCCCC(=O)NC(COC1OC(CO)C(O)C(O)C1O)C(O)CCCCCCCCCCCCCCCCCCCCCCCCCCCCCCCC.